The highest BCUT2D eigenvalue weighted by Crippen LogP contribution is 2.39. The Morgan fingerprint density at radius 1 is 1.04 bits per heavy atom. The van der Waals surface area contributed by atoms with E-state index in [1.165, 1.54) is 27.4 Å². The second kappa shape index (κ2) is 9.09. The number of benzene rings is 1. The van der Waals surface area contributed by atoms with Crippen LogP contribution in [0.1, 0.15) is 11.5 Å². The van der Waals surface area contributed by atoms with Gasteiger partial charge in [0, 0.05) is 26.1 Å². The van der Waals surface area contributed by atoms with Crippen LogP contribution in [0.5, 0.6) is 11.5 Å². The number of carbonyl (C=O) groups is 2. The first kappa shape index (κ1) is 20.3. The SMILES string of the molecule is COCCN1C=C(C(=O)OC)C(c2ccc(OC)c(O)c2)C(C(=O)OC)=C1. The van der Waals surface area contributed by atoms with Gasteiger partial charge in [0.25, 0.3) is 0 Å². The highest BCUT2D eigenvalue weighted by molar-refractivity contribution is 5.98. The summed E-state index contributed by atoms with van der Waals surface area (Å²) in [7, 11) is 5.52. The van der Waals surface area contributed by atoms with Crippen LogP contribution in [0.2, 0.25) is 0 Å². The molecule has 0 aliphatic carbocycles. The molecule has 1 aliphatic heterocycles. The van der Waals surface area contributed by atoms with Crippen LogP contribution in [0.15, 0.2) is 41.7 Å². The largest absolute Gasteiger partial charge is 0.504 e. The van der Waals surface area contributed by atoms with E-state index in [-0.39, 0.29) is 22.6 Å². The summed E-state index contributed by atoms with van der Waals surface area (Å²) in [6, 6.07) is 4.68. The zero-order chi connectivity index (χ0) is 20.0. The molecule has 1 N–H and O–H groups in total. The normalized spacial score (nSPS) is 14.3. The van der Waals surface area contributed by atoms with Gasteiger partial charge in [-0.15, -0.1) is 0 Å². The second-order valence-corrected chi connectivity index (χ2v) is 5.75. The first-order valence-corrected chi connectivity index (χ1v) is 8.18. The minimum Gasteiger partial charge on any atom is -0.504 e. The summed E-state index contributed by atoms with van der Waals surface area (Å²) in [5.74, 6) is -1.77. The Bertz CT molecular complexity index is 735. The summed E-state index contributed by atoms with van der Waals surface area (Å²) in [5.41, 5.74) is 0.995. The minimum atomic E-state index is -0.763. The van der Waals surface area contributed by atoms with Crippen LogP contribution in [0, 0.1) is 0 Å². The molecule has 0 radical (unpaired) electrons. The number of carbonyl (C=O) groups excluding carboxylic acids is 2. The van der Waals surface area contributed by atoms with Crippen LogP contribution in [0.25, 0.3) is 0 Å². The Morgan fingerprint density at radius 2 is 1.63 bits per heavy atom. The molecular formula is C19H23NO7. The molecule has 146 valence electrons. The number of hydrogen-bond acceptors (Lipinski definition) is 8. The Hall–Kier alpha value is -3.00. The van der Waals surface area contributed by atoms with Crippen LogP contribution in [-0.2, 0) is 23.8 Å². The van der Waals surface area contributed by atoms with E-state index in [1.807, 2.05) is 0 Å². The van der Waals surface area contributed by atoms with E-state index in [1.54, 1.807) is 36.5 Å². The maximum atomic E-state index is 12.4. The number of rotatable bonds is 7. The van der Waals surface area contributed by atoms with Crippen molar-refractivity contribution in [2.75, 3.05) is 41.6 Å². The molecular weight excluding hydrogens is 354 g/mol. The van der Waals surface area contributed by atoms with E-state index in [2.05, 4.69) is 0 Å². The van der Waals surface area contributed by atoms with Gasteiger partial charge in [0.15, 0.2) is 11.5 Å². The van der Waals surface area contributed by atoms with Gasteiger partial charge in [-0.25, -0.2) is 9.59 Å². The molecule has 0 fully saturated rings. The number of esters is 2. The highest BCUT2D eigenvalue weighted by Gasteiger charge is 2.35. The number of phenolic OH excluding ortho intramolecular Hbond substituents is 1. The van der Waals surface area contributed by atoms with Crippen molar-refractivity contribution in [1.82, 2.24) is 4.90 Å². The topological polar surface area (TPSA) is 94.5 Å². The molecule has 8 heteroatoms. The molecule has 1 heterocycles. The number of methoxy groups -OCH3 is 4. The second-order valence-electron chi connectivity index (χ2n) is 5.75. The van der Waals surface area contributed by atoms with Crippen LogP contribution >= 0.6 is 0 Å². The summed E-state index contributed by atoms with van der Waals surface area (Å²) < 4.78 is 19.9. The quantitative estimate of drug-likeness (QED) is 0.716. The van der Waals surface area contributed by atoms with Crippen molar-refractivity contribution in [3.8, 4) is 11.5 Å². The lowest BCUT2D eigenvalue weighted by atomic mass is 9.83. The van der Waals surface area contributed by atoms with E-state index in [0.29, 0.717) is 18.7 Å². The number of aromatic hydroxyl groups is 1. The van der Waals surface area contributed by atoms with Gasteiger partial charge in [-0.05, 0) is 17.7 Å². The number of phenols is 1. The Labute approximate surface area is 157 Å². The zero-order valence-corrected chi connectivity index (χ0v) is 15.7. The molecule has 2 rings (SSSR count). The maximum Gasteiger partial charge on any atom is 0.336 e. The van der Waals surface area contributed by atoms with Crippen LogP contribution in [0.3, 0.4) is 0 Å². The van der Waals surface area contributed by atoms with Gasteiger partial charge < -0.3 is 29.0 Å². The number of nitrogens with zero attached hydrogens (tertiary/aromatic N) is 1. The van der Waals surface area contributed by atoms with Gasteiger partial charge in [-0.2, -0.15) is 0 Å². The van der Waals surface area contributed by atoms with Crippen molar-refractivity contribution >= 4 is 11.9 Å². The molecule has 0 amide bonds. The smallest absolute Gasteiger partial charge is 0.336 e. The molecule has 0 unspecified atom stereocenters. The lowest BCUT2D eigenvalue weighted by Gasteiger charge is -2.30. The molecule has 0 saturated heterocycles. The van der Waals surface area contributed by atoms with Crippen molar-refractivity contribution in [2.45, 2.75) is 5.92 Å². The average molecular weight is 377 g/mol. The monoisotopic (exact) mass is 377 g/mol. The zero-order valence-electron chi connectivity index (χ0n) is 15.7. The predicted octanol–water partition coefficient (Wildman–Crippen LogP) is 1.56. The lowest BCUT2D eigenvalue weighted by molar-refractivity contribution is -0.137. The lowest BCUT2D eigenvalue weighted by Crippen LogP contribution is -2.30. The van der Waals surface area contributed by atoms with Crippen LogP contribution in [0.4, 0.5) is 0 Å². The van der Waals surface area contributed by atoms with Crippen molar-refractivity contribution in [2.24, 2.45) is 0 Å². The van der Waals surface area contributed by atoms with Gasteiger partial charge >= 0.3 is 11.9 Å². The van der Waals surface area contributed by atoms with E-state index >= 15 is 0 Å². The predicted molar refractivity (Wildman–Crippen MR) is 96.2 cm³/mol. The summed E-state index contributed by atoms with van der Waals surface area (Å²) in [5, 5.41) is 10.1. The van der Waals surface area contributed by atoms with Crippen molar-refractivity contribution in [3.05, 3.63) is 47.3 Å². The van der Waals surface area contributed by atoms with Crippen LogP contribution in [-0.4, -0.2) is 63.5 Å². The summed E-state index contributed by atoms with van der Waals surface area (Å²) in [6.45, 7) is 0.821. The fraction of sp³-hybridized carbons (Fsp3) is 0.368. The van der Waals surface area contributed by atoms with Gasteiger partial charge in [-0.1, -0.05) is 6.07 Å². The summed E-state index contributed by atoms with van der Waals surface area (Å²) in [4.78, 5) is 26.5. The van der Waals surface area contributed by atoms with Crippen molar-refractivity contribution in [1.29, 1.82) is 0 Å². The van der Waals surface area contributed by atoms with Gasteiger partial charge in [0.2, 0.25) is 0 Å². The maximum absolute atomic E-state index is 12.4. The fourth-order valence-corrected chi connectivity index (χ4v) is 2.86. The van der Waals surface area contributed by atoms with E-state index < -0.39 is 17.9 Å². The van der Waals surface area contributed by atoms with E-state index in [4.69, 9.17) is 18.9 Å². The van der Waals surface area contributed by atoms with Crippen molar-refractivity contribution in [3.63, 3.8) is 0 Å². The Morgan fingerprint density at radius 3 is 2.07 bits per heavy atom. The summed E-state index contributed by atoms with van der Waals surface area (Å²) >= 11 is 0. The number of ether oxygens (including phenoxy) is 4. The number of hydrogen-bond donors (Lipinski definition) is 1. The highest BCUT2D eigenvalue weighted by atomic mass is 16.5. The molecule has 1 aliphatic rings. The van der Waals surface area contributed by atoms with Gasteiger partial charge in [0.1, 0.15) is 0 Å². The third-order valence-corrected chi connectivity index (χ3v) is 4.16. The molecule has 0 bridgehead atoms. The first-order chi connectivity index (χ1) is 13.0. The molecule has 1 aromatic carbocycles. The summed E-state index contributed by atoms with van der Waals surface area (Å²) in [6.07, 6.45) is 3.20. The minimum absolute atomic E-state index is 0.106. The first-order valence-electron chi connectivity index (χ1n) is 8.18. The van der Waals surface area contributed by atoms with E-state index in [9.17, 15) is 14.7 Å². The molecule has 27 heavy (non-hydrogen) atoms. The molecule has 8 nitrogen and oxygen atoms in total. The molecule has 1 aromatic rings. The third-order valence-electron chi connectivity index (χ3n) is 4.16. The Kier molecular flexibility index (Phi) is 6.84. The van der Waals surface area contributed by atoms with Crippen molar-refractivity contribution < 1.29 is 33.6 Å². The molecule has 0 atom stereocenters. The van der Waals surface area contributed by atoms with Gasteiger partial charge in [0.05, 0.1) is 45.0 Å². The average Bonchev–Trinajstić information content (AvgIpc) is 2.70. The molecule has 0 saturated carbocycles. The fourth-order valence-electron chi connectivity index (χ4n) is 2.86. The Balaban J connectivity index is 2.57. The van der Waals surface area contributed by atoms with Crippen LogP contribution < -0.4 is 4.74 Å². The van der Waals surface area contributed by atoms with E-state index in [0.717, 1.165) is 0 Å². The third kappa shape index (κ3) is 4.40. The standard InChI is InChI=1S/C19H23NO7/c1-24-8-7-20-10-13(18(22)26-3)17(14(11-20)19(23)27-4)12-5-6-16(25-2)15(21)9-12/h5-6,9-11,17,21H,7-8H2,1-4H3. The van der Waals surface area contributed by atoms with Gasteiger partial charge in [-0.3, -0.25) is 0 Å². The molecule has 0 spiro atoms. The molecule has 0 aromatic heterocycles.